The fourth-order valence-electron chi connectivity index (χ4n) is 4.44. The summed E-state index contributed by atoms with van der Waals surface area (Å²) < 4.78 is 12.6. The molecular weight excluding hydrogens is 514 g/mol. The van der Waals surface area contributed by atoms with E-state index in [2.05, 4.69) is 10.3 Å². The first-order valence-corrected chi connectivity index (χ1v) is 13.0. The highest BCUT2D eigenvalue weighted by atomic mass is 32.1. The summed E-state index contributed by atoms with van der Waals surface area (Å²) in [5.74, 6) is 0.212. The van der Waals surface area contributed by atoms with E-state index in [0.29, 0.717) is 48.9 Å². The van der Waals surface area contributed by atoms with Crippen molar-refractivity contribution < 1.29 is 19.1 Å². The van der Waals surface area contributed by atoms with Crippen LogP contribution in [0.2, 0.25) is 0 Å². The molecule has 196 valence electrons. The Morgan fingerprint density at radius 2 is 1.74 bits per heavy atom. The number of anilines is 1. The number of esters is 1. The first-order chi connectivity index (χ1) is 18.8. The minimum atomic E-state index is -0.727. The molecule has 1 aliphatic rings. The number of nitrogens with one attached hydrogen (secondary N) is 1. The predicted molar refractivity (Wildman–Crippen MR) is 150 cm³/mol. The van der Waals surface area contributed by atoms with Crippen LogP contribution < -0.4 is 29.7 Å². The first kappa shape index (κ1) is 25.9. The number of rotatable bonds is 6. The monoisotopic (exact) mass is 539 g/mol. The number of fused-ring (bicyclic) bond motifs is 1. The van der Waals surface area contributed by atoms with Crippen molar-refractivity contribution in [2.24, 2.45) is 4.99 Å². The molecule has 0 bridgehead atoms. The van der Waals surface area contributed by atoms with E-state index in [-0.39, 0.29) is 11.5 Å². The van der Waals surface area contributed by atoms with Crippen molar-refractivity contribution >= 4 is 35.0 Å². The molecule has 4 aromatic rings. The van der Waals surface area contributed by atoms with Crippen molar-refractivity contribution in [2.75, 3.05) is 12.4 Å². The van der Waals surface area contributed by atoms with E-state index in [9.17, 15) is 14.4 Å². The van der Waals surface area contributed by atoms with Gasteiger partial charge in [-0.15, -0.1) is 0 Å². The zero-order valence-corrected chi connectivity index (χ0v) is 22.3. The van der Waals surface area contributed by atoms with Crippen molar-refractivity contribution in [1.29, 1.82) is 0 Å². The van der Waals surface area contributed by atoms with Gasteiger partial charge < -0.3 is 14.8 Å². The molecule has 3 aromatic carbocycles. The van der Waals surface area contributed by atoms with Gasteiger partial charge in [0.1, 0.15) is 11.5 Å². The van der Waals surface area contributed by atoms with Gasteiger partial charge in [0.05, 0.1) is 29.0 Å². The lowest BCUT2D eigenvalue weighted by atomic mass is 9.95. The van der Waals surface area contributed by atoms with Gasteiger partial charge in [0.25, 0.3) is 11.5 Å². The standard InChI is InChI=1S/C30H25N3O5S/c1-18-26(28(35)32-22-11-5-4-6-12-22)27(21-10-8-13-23(17-21)37-3)33-29(36)25(39-30(33)31-18)16-20-9-7-14-24(15-20)38-19(2)34/h4-17,27H,1-3H3,(H,32,35)/b25-16-/t27-/m1/s1. The Kier molecular flexibility index (Phi) is 7.25. The topological polar surface area (TPSA) is 99.0 Å². The third kappa shape index (κ3) is 5.44. The SMILES string of the molecule is COc1cccc([C@@H]2C(C(=O)Nc3ccccc3)=C(C)N=c3s/c(=C\c4cccc(OC(C)=O)c4)c(=O)n32)c1. The Labute approximate surface area is 228 Å². The van der Waals surface area contributed by atoms with Crippen LogP contribution in [0.5, 0.6) is 11.5 Å². The molecule has 0 fully saturated rings. The number of nitrogens with zero attached hydrogens (tertiary/aromatic N) is 2. The summed E-state index contributed by atoms with van der Waals surface area (Å²) in [7, 11) is 1.57. The van der Waals surface area contributed by atoms with Crippen molar-refractivity contribution in [3.8, 4) is 11.5 Å². The molecule has 8 nitrogen and oxygen atoms in total. The number of benzene rings is 3. The lowest BCUT2D eigenvalue weighted by Gasteiger charge is -2.25. The molecule has 1 aliphatic heterocycles. The molecule has 0 saturated carbocycles. The molecule has 2 heterocycles. The minimum absolute atomic E-state index is 0.290. The molecule has 5 rings (SSSR count). The minimum Gasteiger partial charge on any atom is -0.497 e. The Morgan fingerprint density at radius 1 is 1.00 bits per heavy atom. The number of aromatic nitrogens is 1. The third-order valence-corrected chi connectivity index (χ3v) is 7.11. The van der Waals surface area contributed by atoms with Crippen LogP contribution in [0, 0.1) is 0 Å². The quantitative estimate of drug-likeness (QED) is 0.297. The van der Waals surface area contributed by atoms with Crippen LogP contribution in [0.4, 0.5) is 5.69 Å². The van der Waals surface area contributed by atoms with Crippen molar-refractivity contribution in [3.05, 3.63) is 121 Å². The maximum absolute atomic E-state index is 13.9. The lowest BCUT2D eigenvalue weighted by molar-refractivity contribution is -0.131. The second-order valence-corrected chi connectivity index (χ2v) is 9.85. The summed E-state index contributed by atoms with van der Waals surface area (Å²) in [5.41, 5.74) is 2.63. The van der Waals surface area contributed by atoms with Crippen LogP contribution in [0.1, 0.15) is 31.0 Å². The Hall–Kier alpha value is -4.76. The summed E-state index contributed by atoms with van der Waals surface area (Å²) in [6.45, 7) is 3.10. The van der Waals surface area contributed by atoms with Crippen LogP contribution >= 0.6 is 11.3 Å². The summed E-state index contributed by atoms with van der Waals surface area (Å²) in [5, 5.41) is 2.94. The van der Waals surface area contributed by atoms with Crippen LogP contribution in [-0.4, -0.2) is 23.6 Å². The van der Waals surface area contributed by atoms with Gasteiger partial charge in [-0.1, -0.05) is 53.8 Å². The number of para-hydroxylation sites is 1. The zero-order valence-electron chi connectivity index (χ0n) is 21.5. The number of ether oxygens (including phenoxy) is 2. The van der Waals surface area contributed by atoms with Gasteiger partial charge in [0.2, 0.25) is 0 Å². The molecular formula is C30H25N3O5S. The summed E-state index contributed by atoms with van der Waals surface area (Å²) in [4.78, 5) is 44.0. The van der Waals surface area contributed by atoms with E-state index in [1.807, 2.05) is 48.5 Å². The van der Waals surface area contributed by atoms with E-state index in [0.717, 1.165) is 0 Å². The molecule has 0 spiro atoms. The molecule has 0 radical (unpaired) electrons. The van der Waals surface area contributed by atoms with Crippen molar-refractivity contribution in [1.82, 2.24) is 4.57 Å². The highest BCUT2D eigenvalue weighted by molar-refractivity contribution is 7.07. The van der Waals surface area contributed by atoms with Gasteiger partial charge in [-0.05, 0) is 60.5 Å². The van der Waals surface area contributed by atoms with Crippen LogP contribution in [0.15, 0.2) is 99.9 Å². The Bertz CT molecular complexity index is 1790. The average Bonchev–Trinajstić information content (AvgIpc) is 3.22. The number of thiazole rings is 1. The largest absolute Gasteiger partial charge is 0.497 e. The average molecular weight is 540 g/mol. The van der Waals surface area contributed by atoms with Crippen LogP contribution in [0.3, 0.4) is 0 Å². The number of methoxy groups -OCH3 is 1. The summed E-state index contributed by atoms with van der Waals surface area (Å²) in [6.07, 6.45) is 1.72. The molecule has 0 aliphatic carbocycles. The predicted octanol–water partition coefficient (Wildman–Crippen LogP) is 3.81. The Balaban J connectivity index is 1.66. The van der Waals surface area contributed by atoms with Gasteiger partial charge in [-0.2, -0.15) is 0 Å². The number of hydrogen-bond donors (Lipinski definition) is 1. The maximum atomic E-state index is 13.9. The van der Waals surface area contributed by atoms with Gasteiger partial charge in [-0.25, -0.2) is 4.99 Å². The van der Waals surface area contributed by atoms with Crippen molar-refractivity contribution in [2.45, 2.75) is 19.9 Å². The van der Waals surface area contributed by atoms with E-state index >= 15 is 0 Å². The molecule has 0 saturated heterocycles. The van der Waals surface area contributed by atoms with E-state index in [1.54, 1.807) is 55.0 Å². The van der Waals surface area contributed by atoms with Crippen LogP contribution in [0.25, 0.3) is 6.08 Å². The highest BCUT2D eigenvalue weighted by Crippen LogP contribution is 2.32. The normalized spacial score (nSPS) is 14.8. The van der Waals surface area contributed by atoms with Gasteiger partial charge in [0.15, 0.2) is 4.80 Å². The second-order valence-electron chi connectivity index (χ2n) is 8.84. The fourth-order valence-corrected chi connectivity index (χ4v) is 5.49. The third-order valence-electron chi connectivity index (χ3n) is 6.12. The maximum Gasteiger partial charge on any atom is 0.308 e. The molecule has 1 atom stereocenters. The number of carbonyl (C=O) groups excluding carboxylic acids is 2. The number of carbonyl (C=O) groups is 2. The fraction of sp³-hybridized carbons (Fsp3) is 0.133. The van der Waals surface area contributed by atoms with E-state index < -0.39 is 12.0 Å². The Morgan fingerprint density at radius 3 is 2.49 bits per heavy atom. The van der Waals surface area contributed by atoms with Crippen LogP contribution in [-0.2, 0) is 9.59 Å². The number of hydrogen-bond acceptors (Lipinski definition) is 7. The van der Waals surface area contributed by atoms with Gasteiger partial charge >= 0.3 is 5.97 Å². The van der Waals surface area contributed by atoms with Gasteiger partial charge in [-0.3, -0.25) is 19.0 Å². The second kappa shape index (κ2) is 10.9. The van der Waals surface area contributed by atoms with Crippen molar-refractivity contribution in [3.63, 3.8) is 0 Å². The van der Waals surface area contributed by atoms with E-state index in [4.69, 9.17) is 9.47 Å². The zero-order chi connectivity index (χ0) is 27.5. The molecule has 0 unspecified atom stereocenters. The molecule has 39 heavy (non-hydrogen) atoms. The highest BCUT2D eigenvalue weighted by Gasteiger charge is 2.32. The van der Waals surface area contributed by atoms with Gasteiger partial charge in [0, 0.05) is 12.6 Å². The van der Waals surface area contributed by atoms with E-state index in [1.165, 1.54) is 18.3 Å². The number of allylic oxidation sites excluding steroid dienone is 1. The first-order valence-electron chi connectivity index (χ1n) is 12.2. The molecule has 1 N–H and O–H groups in total. The summed E-state index contributed by atoms with van der Waals surface area (Å²) >= 11 is 1.23. The summed E-state index contributed by atoms with van der Waals surface area (Å²) in [6, 6.07) is 22.6. The molecule has 1 amide bonds. The molecule has 1 aromatic heterocycles. The number of amides is 1. The lowest BCUT2D eigenvalue weighted by Crippen LogP contribution is -2.40. The smallest absolute Gasteiger partial charge is 0.308 e. The molecule has 9 heteroatoms.